The average Bonchev–Trinajstić information content (AvgIpc) is 3.32. The molecule has 8 heteroatoms. The molecule has 0 saturated carbocycles. The highest BCUT2D eigenvalue weighted by Gasteiger charge is 2.19. The van der Waals surface area contributed by atoms with E-state index in [0.717, 1.165) is 5.56 Å². The van der Waals surface area contributed by atoms with Crippen LogP contribution in [-0.4, -0.2) is 24.7 Å². The second kappa shape index (κ2) is 7.09. The maximum absolute atomic E-state index is 13.5. The van der Waals surface area contributed by atoms with Gasteiger partial charge >= 0.3 is 0 Å². The molecule has 0 bridgehead atoms. The number of nitrogens with zero attached hydrogens (tertiary/aromatic N) is 5. The minimum absolute atomic E-state index is 0.123. The first-order valence-electron chi connectivity index (χ1n) is 7.90. The smallest absolute Gasteiger partial charge is 0.240 e. The fourth-order valence-electron chi connectivity index (χ4n) is 2.42. The standard InChI is InChI=1S/C18H14FN5OS/c1-12(17-22-16(23-25-17)13-4-3-7-20-11-13)26-18-21-8-9-24(18)15-6-2-5-14(19)10-15/h2-12H,1H3/t12-/m1/s1. The van der Waals surface area contributed by atoms with E-state index >= 15 is 0 Å². The van der Waals surface area contributed by atoms with Gasteiger partial charge in [-0.2, -0.15) is 4.98 Å². The summed E-state index contributed by atoms with van der Waals surface area (Å²) in [6.45, 7) is 1.95. The summed E-state index contributed by atoms with van der Waals surface area (Å²) in [6, 6.07) is 10.1. The number of hydrogen-bond donors (Lipinski definition) is 0. The van der Waals surface area contributed by atoms with E-state index in [2.05, 4.69) is 20.1 Å². The molecule has 0 aliphatic heterocycles. The number of hydrogen-bond acceptors (Lipinski definition) is 6. The summed E-state index contributed by atoms with van der Waals surface area (Å²) in [4.78, 5) is 12.9. The van der Waals surface area contributed by atoms with Crippen LogP contribution in [0.1, 0.15) is 18.1 Å². The van der Waals surface area contributed by atoms with E-state index in [1.807, 2.05) is 29.7 Å². The number of halogens is 1. The Labute approximate surface area is 153 Å². The minimum Gasteiger partial charge on any atom is -0.338 e. The third-order valence-corrected chi connectivity index (χ3v) is 4.75. The van der Waals surface area contributed by atoms with Crippen LogP contribution >= 0.6 is 11.8 Å². The first-order valence-corrected chi connectivity index (χ1v) is 8.78. The zero-order chi connectivity index (χ0) is 17.9. The second-order valence-corrected chi connectivity index (χ2v) is 6.83. The Morgan fingerprint density at radius 3 is 2.92 bits per heavy atom. The summed E-state index contributed by atoms with van der Waals surface area (Å²) in [5, 5.41) is 4.60. The van der Waals surface area contributed by atoms with Crippen molar-refractivity contribution < 1.29 is 8.91 Å². The Balaban J connectivity index is 1.56. The van der Waals surface area contributed by atoms with Gasteiger partial charge in [-0.15, -0.1) is 0 Å². The van der Waals surface area contributed by atoms with Crippen LogP contribution in [0.15, 0.2) is 70.9 Å². The summed E-state index contributed by atoms with van der Waals surface area (Å²) < 4.78 is 20.7. The van der Waals surface area contributed by atoms with Gasteiger partial charge in [0.15, 0.2) is 5.16 Å². The van der Waals surface area contributed by atoms with Crippen molar-refractivity contribution in [3.8, 4) is 17.1 Å². The van der Waals surface area contributed by atoms with E-state index in [4.69, 9.17) is 4.52 Å². The van der Waals surface area contributed by atoms with Crippen LogP contribution in [0.5, 0.6) is 0 Å². The van der Waals surface area contributed by atoms with Crippen LogP contribution in [0.2, 0.25) is 0 Å². The molecular formula is C18H14FN5OS. The number of pyridine rings is 1. The lowest BCUT2D eigenvalue weighted by atomic mass is 10.3. The van der Waals surface area contributed by atoms with Gasteiger partial charge in [-0.1, -0.05) is 23.0 Å². The molecule has 0 aliphatic rings. The molecule has 3 heterocycles. The molecule has 3 aromatic heterocycles. The Morgan fingerprint density at radius 2 is 2.12 bits per heavy atom. The third kappa shape index (κ3) is 3.36. The molecule has 0 N–H and O–H groups in total. The van der Waals surface area contributed by atoms with Crippen molar-refractivity contribution in [2.24, 2.45) is 0 Å². The van der Waals surface area contributed by atoms with E-state index in [9.17, 15) is 4.39 Å². The normalized spacial score (nSPS) is 12.2. The molecule has 1 atom stereocenters. The fraction of sp³-hybridized carbons (Fsp3) is 0.111. The molecule has 0 amide bonds. The van der Waals surface area contributed by atoms with Gasteiger partial charge in [-0.05, 0) is 37.3 Å². The zero-order valence-corrected chi connectivity index (χ0v) is 14.6. The number of imidazole rings is 1. The first kappa shape index (κ1) is 16.5. The zero-order valence-electron chi connectivity index (χ0n) is 13.8. The third-order valence-electron chi connectivity index (χ3n) is 3.68. The quantitative estimate of drug-likeness (QED) is 0.490. The van der Waals surface area contributed by atoms with Gasteiger partial charge in [0.2, 0.25) is 11.7 Å². The van der Waals surface area contributed by atoms with E-state index in [0.29, 0.717) is 22.6 Å². The van der Waals surface area contributed by atoms with Crippen LogP contribution in [0.4, 0.5) is 4.39 Å². The lowest BCUT2D eigenvalue weighted by Crippen LogP contribution is -1.98. The molecule has 26 heavy (non-hydrogen) atoms. The van der Waals surface area contributed by atoms with Crippen molar-refractivity contribution in [2.45, 2.75) is 17.3 Å². The molecule has 0 radical (unpaired) electrons. The topological polar surface area (TPSA) is 69.6 Å². The number of aromatic nitrogens is 5. The molecular weight excluding hydrogens is 353 g/mol. The molecule has 4 aromatic rings. The van der Waals surface area contributed by atoms with Gasteiger partial charge < -0.3 is 4.52 Å². The largest absolute Gasteiger partial charge is 0.338 e. The molecule has 130 valence electrons. The monoisotopic (exact) mass is 367 g/mol. The number of benzene rings is 1. The molecule has 0 spiro atoms. The van der Waals surface area contributed by atoms with Crippen molar-refractivity contribution in [1.82, 2.24) is 24.7 Å². The summed E-state index contributed by atoms with van der Waals surface area (Å²) in [5.74, 6) is 0.690. The van der Waals surface area contributed by atoms with E-state index < -0.39 is 0 Å². The van der Waals surface area contributed by atoms with Crippen LogP contribution in [-0.2, 0) is 0 Å². The van der Waals surface area contributed by atoms with Gasteiger partial charge in [0, 0.05) is 30.4 Å². The van der Waals surface area contributed by atoms with Crippen LogP contribution < -0.4 is 0 Å². The van der Waals surface area contributed by atoms with Gasteiger partial charge in [-0.3, -0.25) is 9.55 Å². The highest BCUT2D eigenvalue weighted by molar-refractivity contribution is 7.99. The Hall–Kier alpha value is -3.00. The SMILES string of the molecule is C[C@@H](Sc1nccn1-c1cccc(F)c1)c1nc(-c2cccnc2)no1. The summed E-state index contributed by atoms with van der Waals surface area (Å²) in [5.41, 5.74) is 1.50. The maximum Gasteiger partial charge on any atom is 0.240 e. The first-order chi connectivity index (χ1) is 12.7. The van der Waals surface area contributed by atoms with Gasteiger partial charge in [0.05, 0.1) is 10.9 Å². The average molecular weight is 367 g/mol. The minimum atomic E-state index is -0.293. The summed E-state index contributed by atoms with van der Waals surface area (Å²) in [6.07, 6.45) is 6.84. The molecule has 0 aliphatic carbocycles. The van der Waals surface area contributed by atoms with Crippen LogP contribution in [0, 0.1) is 5.82 Å². The highest BCUT2D eigenvalue weighted by atomic mass is 32.2. The molecule has 6 nitrogen and oxygen atoms in total. The Kier molecular flexibility index (Phi) is 4.49. The Morgan fingerprint density at radius 1 is 1.19 bits per heavy atom. The summed E-state index contributed by atoms with van der Waals surface area (Å²) >= 11 is 1.46. The highest BCUT2D eigenvalue weighted by Crippen LogP contribution is 2.34. The maximum atomic E-state index is 13.5. The van der Waals surface area contributed by atoms with Crippen molar-refractivity contribution in [3.05, 3.63) is 72.9 Å². The summed E-state index contributed by atoms with van der Waals surface area (Å²) in [7, 11) is 0. The molecule has 0 fully saturated rings. The molecule has 1 aromatic carbocycles. The van der Waals surface area contributed by atoms with Crippen molar-refractivity contribution in [1.29, 1.82) is 0 Å². The fourth-order valence-corrected chi connectivity index (χ4v) is 3.33. The van der Waals surface area contributed by atoms with Crippen LogP contribution in [0.25, 0.3) is 17.1 Å². The van der Waals surface area contributed by atoms with E-state index in [1.54, 1.807) is 30.9 Å². The Bertz CT molecular complexity index is 1020. The van der Waals surface area contributed by atoms with E-state index in [-0.39, 0.29) is 11.1 Å². The lowest BCUT2D eigenvalue weighted by Gasteiger charge is -2.09. The van der Waals surface area contributed by atoms with Crippen molar-refractivity contribution >= 4 is 11.8 Å². The molecule has 0 unspecified atom stereocenters. The van der Waals surface area contributed by atoms with E-state index in [1.165, 1.54) is 23.9 Å². The van der Waals surface area contributed by atoms with Crippen molar-refractivity contribution in [3.63, 3.8) is 0 Å². The number of thioether (sulfide) groups is 1. The number of rotatable bonds is 5. The van der Waals surface area contributed by atoms with Crippen LogP contribution in [0.3, 0.4) is 0 Å². The molecule has 0 saturated heterocycles. The van der Waals surface area contributed by atoms with Crippen molar-refractivity contribution in [2.75, 3.05) is 0 Å². The van der Waals surface area contributed by atoms with Gasteiger partial charge in [-0.25, -0.2) is 9.37 Å². The van der Waals surface area contributed by atoms with Gasteiger partial charge in [0.25, 0.3) is 0 Å². The predicted octanol–water partition coefficient (Wildman–Crippen LogP) is 4.31. The second-order valence-electron chi connectivity index (χ2n) is 5.52. The molecule has 4 rings (SSSR count). The lowest BCUT2D eigenvalue weighted by molar-refractivity contribution is 0.380. The van der Waals surface area contributed by atoms with Gasteiger partial charge in [0.1, 0.15) is 5.82 Å². The predicted molar refractivity (Wildman–Crippen MR) is 95.3 cm³/mol.